The lowest BCUT2D eigenvalue weighted by atomic mass is 10.1. The molecule has 1 fully saturated rings. The first-order valence-electron chi connectivity index (χ1n) is 8.14. The molecule has 2 heterocycles. The van der Waals surface area contributed by atoms with Crippen molar-refractivity contribution in [3.8, 4) is 5.75 Å². The van der Waals surface area contributed by atoms with E-state index >= 15 is 0 Å². The van der Waals surface area contributed by atoms with Crippen LogP contribution in [0.1, 0.15) is 0 Å². The Hall–Kier alpha value is -2.30. The van der Waals surface area contributed by atoms with Crippen molar-refractivity contribution in [1.82, 2.24) is 25.6 Å². The molecule has 10 heteroatoms. The standard InChI is InChI=1S/C15H21BN5O4/c22-12(9-17-16-19-15(23)21-3-5-24-6-4-21)10-25-13-1-2-14-11(7-13)8-18-20-14/h1-2,7-8,12,17,22H,3-6,9-10H2,(H,18,20)(H,19,23)/t12-/m0/s1. The number of rotatable bonds is 7. The second-order valence-electron chi connectivity index (χ2n) is 5.69. The zero-order chi connectivity index (χ0) is 17.5. The Balaban J connectivity index is 1.31. The molecular weight excluding hydrogens is 325 g/mol. The maximum absolute atomic E-state index is 11.8. The van der Waals surface area contributed by atoms with Gasteiger partial charge in [0.25, 0.3) is 0 Å². The number of nitrogens with one attached hydrogen (secondary N) is 3. The summed E-state index contributed by atoms with van der Waals surface area (Å²) in [5.74, 6) is 0.664. The van der Waals surface area contributed by atoms with E-state index in [1.54, 1.807) is 11.1 Å². The number of fused-ring (bicyclic) bond motifs is 1. The van der Waals surface area contributed by atoms with Crippen LogP contribution in [-0.4, -0.2) is 79.3 Å². The van der Waals surface area contributed by atoms with Gasteiger partial charge in [0.15, 0.2) is 0 Å². The Labute approximate surface area is 145 Å². The van der Waals surface area contributed by atoms with E-state index in [9.17, 15) is 9.90 Å². The topological polar surface area (TPSA) is 112 Å². The van der Waals surface area contributed by atoms with Gasteiger partial charge in [-0.05, 0) is 18.2 Å². The molecule has 133 valence electrons. The highest BCUT2D eigenvalue weighted by atomic mass is 16.5. The van der Waals surface area contributed by atoms with Gasteiger partial charge in [0.1, 0.15) is 12.4 Å². The van der Waals surface area contributed by atoms with Crippen LogP contribution < -0.4 is 15.2 Å². The molecule has 0 spiro atoms. The summed E-state index contributed by atoms with van der Waals surface area (Å²) in [7, 11) is 1.43. The minimum atomic E-state index is -0.711. The number of amides is 2. The van der Waals surface area contributed by atoms with E-state index < -0.39 is 6.10 Å². The number of ether oxygens (including phenoxy) is 2. The highest BCUT2D eigenvalue weighted by Crippen LogP contribution is 2.18. The lowest BCUT2D eigenvalue weighted by molar-refractivity contribution is 0.0544. The lowest BCUT2D eigenvalue weighted by Gasteiger charge is -2.26. The number of urea groups is 1. The van der Waals surface area contributed by atoms with Gasteiger partial charge in [-0.3, -0.25) is 5.10 Å². The minimum absolute atomic E-state index is 0.140. The van der Waals surface area contributed by atoms with E-state index in [-0.39, 0.29) is 19.2 Å². The highest BCUT2D eigenvalue weighted by molar-refractivity contribution is 6.33. The van der Waals surface area contributed by atoms with Gasteiger partial charge in [-0.2, -0.15) is 5.10 Å². The smallest absolute Gasteiger partial charge is 0.350 e. The van der Waals surface area contributed by atoms with Crippen molar-refractivity contribution in [3.63, 3.8) is 0 Å². The SMILES string of the molecule is O=C(N[B]NC[C@H](O)COc1ccc2[nH]ncc2c1)N1CCOCC1. The Morgan fingerprint density at radius 2 is 2.32 bits per heavy atom. The molecule has 0 unspecified atom stereocenters. The zero-order valence-corrected chi connectivity index (χ0v) is 13.8. The number of carbonyl (C=O) groups is 1. The second-order valence-corrected chi connectivity index (χ2v) is 5.69. The molecule has 9 nitrogen and oxygen atoms in total. The molecule has 1 aliphatic rings. The summed E-state index contributed by atoms with van der Waals surface area (Å²) in [4.78, 5) is 13.5. The van der Waals surface area contributed by atoms with Gasteiger partial charge in [0, 0.05) is 25.0 Å². The van der Waals surface area contributed by atoms with Crippen molar-refractivity contribution in [1.29, 1.82) is 0 Å². The molecule has 1 aliphatic heterocycles. The molecule has 0 aliphatic carbocycles. The molecule has 1 aromatic heterocycles. The third-order valence-corrected chi connectivity index (χ3v) is 3.80. The summed E-state index contributed by atoms with van der Waals surface area (Å²) in [5, 5.41) is 23.2. The Morgan fingerprint density at radius 3 is 3.16 bits per heavy atom. The van der Waals surface area contributed by atoms with Crippen molar-refractivity contribution < 1.29 is 19.4 Å². The van der Waals surface area contributed by atoms with Crippen LogP contribution in [0.15, 0.2) is 24.4 Å². The molecule has 2 amide bonds. The van der Waals surface area contributed by atoms with Gasteiger partial charge in [0.2, 0.25) is 0 Å². The van der Waals surface area contributed by atoms with Crippen molar-refractivity contribution in [3.05, 3.63) is 24.4 Å². The minimum Gasteiger partial charge on any atom is -0.491 e. The van der Waals surface area contributed by atoms with Crippen LogP contribution in [0.4, 0.5) is 4.79 Å². The van der Waals surface area contributed by atoms with Crippen LogP contribution in [0.3, 0.4) is 0 Å². The van der Waals surface area contributed by atoms with Crippen LogP contribution in [-0.2, 0) is 4.74 Å². The summed E-state index contributed by atoms with van der Waals surface area (Å²) in [6.45, 7) is 2.68. The Kier molecular flexibility index (Phi) is 6.10. The van der Waals surface area contributed by atoms with Crippen molar-refractivity contribution in [2.45, 2.75) is 6.10 Å². The number of aliphatic hydroxyl groups excluding tert-OH is 1. The molecule has 4 N–H and O–H groups in total. The van der Waals surface area contributed by atoms with Gasteiger partial charge >= 0.3 is 13.6 Å². The number of benzene rings is 1. The summed E-state index contributed by atoms with van der Waals surface area (Å²) >= 11 is 0. The van der Waals surface area contributed by atoms with Gasteiger partial charge in [0.05, 0.1) is 31.0 Å². The summed E-state index contributed by atoms with van der Waals surface area (Å²) in [6, 6.07) is 5.36. The van der Waals surface area contributed by atoms with Gasteiger partial charge < -0.3 is 29.9 Å². The van der Waals surface area contributed by atoms with Crippen LogP contribution in [0, 0.1) is 0 Å². The number of aromatic amines is 1. The first-order chi connectivity index (χ1) is 12.2. The number of aliphatic hydroxyl groups is 1. The van der Waals surface area contributed by atoms with Crippen molar-refractivity contribution >= 4 is 24.5 Å². The molecule has 2 aromatic rings. The fourth-order valence-corrected chi connectivity index (χ4v) is 2.43. The number of hydrogen-bond donors (Lipinski definition) is 4. The molecule has 25 heavy (non-hydrogen) atoms. The maximum atomic E-state index is 11.8. The van der Waals surface area contributed by atoms with Crippen LogP contribution >= 0.6 is 0 Å². The number of aromatic nitrogens is 2. The van der Waals surface area contributed by atoms with E-state index in [0.29, 0.717) is 32.1 Å². The molecule has 1 radical (unpaired) electrons. The summed E-state index contributed by atoms with van der Waals surface area (Å²) < 4.78 is 10.8. The molecular formula is C15H21BN5O4. The Morgan fingerprint density at radius 1 is 1.48 bits per heavy atom. The van der Waals surface area contributed by atoms with E-state index in [1.807, 2.05) is 18.2 Å². The Bertz CT molecular complexity index is 691. The quantitative estimate of drug-likeness (QED) is 0.396. The van der Waals surface area contributed by atoms with Crippen molar-refractivity contribution in [2.24, 2.45) is 0 Å². The summed E-state index contributed by atoms with van der Waals surface area (Å²) in [5.41, 5.74) is 0.931. The monoisotopic (exact) mass is 346 g/mol. The normalized spacial score (nSPS) is 15.8. The maximum Gasteiger partial charge on any atom is 0.350 e. The van der Waals surface area contributed by atoms with Crippen LogP contribution in [0.5, 0.6) is 5.75 Å². The van der Waals surface area contributed by atoms with E-state index in [2.05, 4.69) is 20.7 Å². The molecule has 3 rings (SSSR count). The van der Waals surface area contributed by atoms with E-state index in [0.717, 1.165) is 10.9 Å². The molecule has 0 bridgehead atoms. The predicted molar refractivity (Wildman–Crippen MR) is 92.3 cm³/mol. The van der Waals surface area contributed by atoms with Gasteiger partial charge in [-0.15, -0.1) is 0 Å². The number of carbonyl (C=O) groups excluding carboxylic acids is 1. The lowest BCUT2D eigenvalue weighted by Crippen LogP contribution is -2.50. The molecule has 0 saturated carbocycles. The van der Waals surface area contributed by atoms with Crippen molar-refractivity contribution in [2.75, 3.05) is 39.5 Å². The van der Waals surface area contributed by atoms with E-state index in [4.69, 9.17) is 9.47 Å². The number of H-pyrrole nitrogens is 1. The third-order valence-electron chi connectivity index (χ3n) is 3.80. The van der Waals surface area contributed by atoms with Crippen LogP contribution in [0.25, 0.3) is 10.9 Å². The van der Waals surface area contributed by atoms with Gasteiger partial charge in [-0.25, -0.2) is 4.79 Å². The molecule has 1 atom stereocenters. The average molecular weight is 346 g/mol. The number of nitrogens with zero attached hydrogens (tertiary/aromatic N) is 2. The first kappa shape index (κ1) is 17.5. The number of morpholine rings is 1. The second kappa shape index (κ2) is 8.70. The molecule has 1 saturated heterocycles. The first-order valence-corrected chi connectivity index (χ1v) is 8.14. The fourth-order valence-electron chi connectivity index (χ4n) is 2.43. The van der Waals surface area contributed by atoms with Gasteiger partial charge in [-0.1, -0.05) is 0 Å². The average Bonchev–Trinajstić information content (AvgIpc) is 3.12. The molecule has 1 aromatic carbocycles. The highest BCUT2D eigenvalue weighted by Gasteiger charge is 2.16. The zero-order valence-electron chi connectivity index (χ0n) is 13.8. The van der Waals surface area contributed by atoms with Crippen LogP contribution in [0.2, 0.25) is 0 Å². The number of hydrogen-bond acceptors (Lipinski definition) is 6. The van der Waals surface area contributed by atoms with E-state index in [1.165, 1.54) is 7.55 Å². The summed E-state index contributed by atoms with van der Waals surface area (Å²) in [6.07, 6.45) is 1.00. The largest absolute Gasteiger partial charge is 0.491 e. The fraction of sp³-hybridized carbons (Fsp3) is 0.467. The predicted octanol–water partition coefficient (Wildman–Crippen LogP) is -0.532. The third kappa shape index (κ3) is 5.09.